The Balaban J connectivity index is 2.80. The number of carbonyl (C=O) groups is 1. The zero-order valence-corrected chi connectivity index (χ0v) is 5.22. The maximum absolute atomic E-state index is 9.98. The first-order valence-electron chi connectivity index (χ1n) is 2.77. The molecule has 1 N–H and O–H groups in total. The van der Waals surface area contributed by atoms with Crippen molar-refractivity contribution in [3.05, 3.63) is 17.5 Å². The third kappa shape index (κ3) is 1.16. The van der Waals surface area contributed by atoms with Crippen molar-refractivity contribution in [2.45, 2.75) is 13.3 Å². The Morgan fingerprint density at radius 2 is 2.67 bits per heavy atom. The van der Waals surface area contributed by atoms with Gasteiger partial charge in [0.2, 0.25) is 0 Å². The molecule has 0 saturated heterocycles. The average molecular weight is 124 g/mol. The molecule has 1 heterocycles. The summed E-state index contributed by atoms with van der Waals surface area (Å²) in [5.41, 5.74) is 1.95. The smallest absolute Gasteiger partial charge is 0.124 e. The van der Waals surface area contributed by atoms with Crippen molar-refractivity contribution < 1.29 is 4.79 Å². The zero-order chi connectivity index (χ0) is 6.69. The molecule has 0 unspecified atom stereocenters. The summed E-state index contributed by atoms with van der Waals surface area (Å²) >= 11 is 0. The lowest BCUT2D eigenvalue weighted by Crippen LogP contribution is -1.84. The zero-order valence-electron chi connectivity index (χ0n) is 5.22. The van der Waals surface area contributed by atoms with Gasteiger partial charge in [-0.2, -0.15) is 5.10 Å². The van der Waals surface area contributed by atoms with E-state index in [4.69, 9.17) is 0 Å². The topological polar surface area (TPSA) is 45.8 Å². The van der Waals surface area contributed by atoms with Crippen LogP contribution in [0.3, 0.4) is 0 Å². The first kappa shape index (κ1) is 6.01. The standard InChI is InChI=1S/C6H8N2O/c1-5-6(2-3-9)4-7-8-5/h3-4H,2H2,1H3,(H,7,8). The van der Waals surface area contributed by atoms with E-state index in [9.17, 15) is 4.79 Å². The number of hydrogen-bond donors (Lipinski definition) is 1. The van der Waals surface area contributed by atoms with E-state index >= 15 is 0 Å². The molecule has 0 atom stereocenters. The highest BCUT2D eigenvalue weighted by atomic mass is 16.1. The molecule has 0 bridgehead atoms. The molecular formula is C6H8N2O. The van der Waals surface area contributed by atoms with Gasteiger partial charge in [0.15, 0.2) is 0 Å². The van der Waals surface area contributed by atoms with Crippen LogP contribution in [0.4, 0.5) is 0 Å². The predicted molar refractivity (Wildman–Crippen MR) is 33.1 cm³/mol. The molecule has 3 nitrogen and oxygen atoms in total. The minimum absolute atomic E-state index is 0.461. The maximum atomic E-state index is 9.98. The number of aromatic nitrogens is 2. The third-order valence-corrected chi connectivity index (χ3v) is 1.24. The van der Waals surface area contributed by atoms with Crippen LogP contribution in [0.2, 0.25) is 0 Å². The highest BCUT2D eigenvalue weighted by Gasteiger charge is 1.96. The number of hydrogen-bond acceptors (Lipinski definition) is 2. The van der Waals surface area contributed by atoms with Crippen LogP contribution >= 0.6 is 0 Å². The Bertz CT molecular complexity index is 205. The number of H-pyrrole nitrogens is 1. The van der Waals surface area contributed by atoms with Gasteiger partial charge in [-0.15, -0.1) is 0 Å². The molecule has 1 rings (SSSR count). The van der Waals surface area contributed by atoms with Crippen LogP contribution < -0.4 is 0 Å². The molecule has 1 aromatic heterocycles. The summed E-state index contributed by atoms with van der Waals surface area (Å²) in [6.07, 6.45) is 3.00. The van der Waals surface area contributed by atoms with E-state index in [0.717, 1.165) is 17.5 Å². The summed E-state index contributed by atoms with van der Waals surface area (Å²) in [4.78, 5) is 9.98. The van der Waals surface area contributed by atoms with Gasteiger partial charge in [0.25, 0.3) is 0 Å². The summed E-state index contributed by atoms with van der Waals surface area (Å²) in [6, 6.07) is 0. The van der Waals surface area contributed by atoms with Gasteiger partial charge < -0.3 is 4.79 Å². The van der Waals surface area contributed by atoms with Gasteiger partial charge >= 0.3 is 0 Å². The molecule has 48 valence electrons. The van der Waals surface area contributed by atoms with Crippen molar-refractivity contribution in [1.29, 1.82) is 0 Å². The number of aromatic amines is 1. The van der Waals surface area contributed by atoms with Gasteiger partial charge in [-0.3, -0.25) is 5.10 Å². The first-order chi connectivity index (χ1) is 4.34. The fourth-order valence-electron chi connectivity index (χ4n) is 0.671. The van der Waals surface area contributed by atoms with Gasteiger partial charge in [0.1, 0.15) is 6.29 Å². The fourth-order valence-corrected chi connectivity index (χ4v) is 0.671. The van der Waals surface area contributed by atoms with Crippen molar-refractivity contribution in [2.24, 2.45) is 0 Å². The highest BCUT2D eigenvalue weighted by molar-refractivity contribution is 5.55. The lowest BCUT2D eigenvalue weighted by atomic mass is 10.2. The molecule has 9 heavy (non-hydrogen) atoms. The van der Waals surface area contributed by atoms with Crippen LogP contribution in [-0.4, -0.2) is 16.5 Å². The fraction of sp³-hybridized carbons (Fsp3) is 0.333. The van der Waals surface area contributed by atoms with Gasteiger partial charge in [-0.1, -0.05) is 0 Å². The predicted octanol–water partition coefficient (Wildman–Crippen LogP) is 0.460. The molecule has 0 saturated carbocycles. The monoisotopic (exact) mass is 124 g/mol. The molecule has 0 aliphatic carbocycles. The number of nitrogens with zero attached hydrogens (tertiary/aromatic N) is 1. The Morgan fingerprint density at radius 3 is 3.11 bits per heavy atom. The number of aldehydes is 1. The molecular weight excluding hydrogens is 116 g/mol. The van der Waals surface area contributed by atoms with E-state index in [1.54, 1.807) is 6.20 Å². The molecule has 0 aliphatic heterocycles. The molecule has 0 amide bonds. The molecule has 0 aromatic carbocycles. The van der Waals surface area contributed by atoms with E-state index in [-0.39, 0.29) is 0 Å². The van der Waals surface area contributed by atoms with Gasteiger partial charge in [0, 0.05) is 12.1 Å². The molecule has 3 heteroatoms. The van der Waals surface area contributed by atoms with Crippen molar-refractivity contribution in [3.63, 3.8) is 0 Å². The summed E-state index contributed by atoms with van der Waals surface area (Å²) in [5, 5.41) is 6.50. The summed E-state index contributed by atoms with van der Waals surface area (Å²) < 4.78 is 0. The summed E-state index contributed by atoms with van der Waals surface area (Å²) in [7, 11) is 0. The maximum Gasteiger partial charge on any atom is 0.124 e. The second-order valence-electron chi connectivity index (χ2n) is 1.89. The minimum atomic E-state index is 0.461. The normalized spacial score (nSPS) is 9.44. The Kier molecular flexibility index (Phi) is 1.63. The molecule has 1 aromatic rings. The Hall–Kier alpha value is -1.12. The van der Waals surface area contributed by atoms with Crippen molar-refractivity contribution in [1.82, 2.24) is 10.2 Å². The molecule has 0 radical (unpaired) electrons. The van der Waals surface area contributed by atoms with Crippen LogP contribution in [0.5, 0.6) is 0 Å². The second kappa shape index (κ2) is 2.44. The van der Waals surface area contributed by atoms with Gasteiger partial charge in [-0.05, 0) is 12.5 Å². The van der Waals surface area contributed by atoms with E-state index in [1.807, 2.05) is 6.92 Å². The first-order valence-corrected chi connectivity index (χ1v) is 2.77. The van der Waals surface area contributed by atoms with Crippen LogP contribution in [0.25, 0.3) is 0 Å². The number of nitrogens with one attached hydrogen (secondary N) is 1. The Morgan fingerprint density at radius 1 is 1.89 bits per heavy atom. The lowest BCUT2D eigenvalue weighted by Gasteiger charge is -1.85. The summed E-state index contributed by atoms with van der Waals surface area (Å²) in [6.45, 7) is 1.89. The summed E-state index contributed by atoms with van der Waals surface area (Å²) in [5.74, 6) is 0. The van der Waals surface area contributed by atoms with Gasteiger partial charge in [-0.25, -0.2) is 0 Å². The van der Waals surface area contributed by atoms with Crippen molar-refractivity contribution in [3.8, 4) is 0 Å². The van der Waals surface area contributed by atoms with Crippen molar-refractivity contribution in [2.75, 3.05) is 0 Å². The van der Waals surface area contributed by atoms with Crippen LogP contribution in [0.15, 0.2) is 6.20 Å². The van der Waals surface area contributed by atoms with E-state index in [1.165, 1.54) is 0 Å². The lowest BCUT2D eigenvalue weighted by molar-refractivity contribution is -0.107. The average Bonchev–Trinajstić information content (AvgIpc) is 2.18. The second-order valence-corrected chi connectivity index (χ2v) is 1.89. The molecule has 0 spiro atoms. The minimum Gasteiger partial charge on any atom is -0.303 e. The highest BCUT2D eigenvalue weighted by Crippen LogP contribution is 2.00. The Labute approximate surface area is 53.1 Å². The molecule has 0 fully saturated rings. The van der Waals surface area contributed by atoms with Crippen LogP contribution in [0.1, 0.15) is 11.3 Å². The quantitative estimate of drug-likeness (QED) is 0.582. The SMILES string of the molecule is Cc1[nH]ncc1CC=O. The van der Waals surface area contributed by atoms with Gasteiger partial charge in [0.05, 0.1) is 6.20 Å². The van der Waals surface area contributed by atoms with E-state index in [2.05, 4.69) is 10.2 Å². The molecule has 0 aliphatic rings. The van der Waals surface area contributed by atoms with E-state index in [0.29, 0.717) is 6.42 Å². The van der Waals surface area contributed by atoms with Crippen molar-refractivity contribution >= 4 is 6.29 Å². The number of aryl methyl sites for hydroxylation is 1. The third-order valence-electron chi connectivity index (χ3n) is 1.24. The van der Waals surface area contributed by atoms with Crippen LogP contribution in [0, 0.1) is 6.92 Å². The number of rotatable bonds is 2. The largest absolute Gasteiger partial charge is 0.303 e. The number of carbonyl (C=O) groups excluding carboxylic acids is 1. The van der Waals surface area contributed by atoms with Crippen LogP contribution in [-0.2, 0) is 11.2 Å². The van der Waals surface area contributed by atoms with E-state index < -0.39 is 0 Å².